The fourth-order valence-electron chi connectivity index (χ4n) is 7.92. The van der Waals surface area contributed by atoms with Gasteiger partial charge in [0.2, 0.25) is 0 Å². The van der Waals surface area contributed by atoms with Crippen molar-refractivity contribution < 1.29 is 9.47 Å². The van der Waals surface area contributed by atoms with Gasteiger partial charge in [0, 0.05) is 5.39 Å². The van der Waals surface area contributed by atoms with Gasteiger partial charge >= 0.3 is 0 Å². The molecule has 0 saturated carbocycles. The van der Waals surface area contributed by atoms with Crippen LogP contribution in [-0.4, -0.2) is 13.2 Å². The molecule has 0 saturated heterocycles. The standard InChI is InChI=1S/C16H20O.C16H20.C15H24O.C15H18/c1-13(2)7-6-12-17-16-11-5-9-14-8-3-4-10-15(14)16;1-13(2)7-5-9-15-11-6-10-14-8-3-4-12-16(14)15;1-11(2)7-6-8-16-15-9-12(3)14(5)13(4)10-15;1-12(2)10-11-14-8-5-7-13-6-3-4-9-15(13)14/h3-5,8-11,13H,6-7,12H2,1-2H3;3-4,6,8,10-13H,5,7,9H2,1-2H3;9-11H,6-8H2,1-5H3;3-9,12H,10-11H2,1-2H3. The molecular formula is C62H82O2. The number of rotatable bonds is 17. The van der Waals surface area contributed by atoms with Crippen LogP contribution in [0, 0.1) is 44.4 Å². The highest BCUT2D eigenvalue weighted by Gasteiger charge is 2.05. The summed E-state index contributed by atoms with van der Waals surface area (Å²) in [6.07, 6.45) is 11.0. The Balaban J connectivity index is 0.000000187. The van der Waals surface area contributed by atoms with Crippen LogP contribution in [0.5, 0.6) is 11.5 Å². The molecule has 7 aromatic rings. The largest absolute Gasteiger partial charge is 0.494 e. The molecule has 0 radical (unpaired) electrons. The van der Waals surface area contributed by atoms with Crippen LogP contribution in [0.4, 0.5) is 0 Å². The van der Waals surface area contributed by atoms with Gasteiger partial charge in [-0.15, -0.1) is 0 Å². The van der Waals surface area contributed by atoms with Crippen LogP contribution in [0.15, 0.2) is 140 Å². The van der Waals surface area contributed by atoms with Gasteiger partial charge < -0.3 is 9.47 Å². The Morgan fingerprint density at radius 3 is 1.27 bits per heavy atom. The molecule has 2 heteroatoms. The van der Waals surface area contributed by atoms with Gasteiger partial charge in [0.05, 0.1) is 13.2 Å². The molecule has 64 heavy (non-hydrogen) atoms. The zero-order valence-electron chi connectivity index (χ0n) is 41.7. The Labute approximate surface area is 389 Å². The summed E-state index contributed by atoms with van der Waals surface area (Å²) in [5, 5.41) is 8.02. The quantitative estimate of drug-likeness (QED) is 0.0850. The molecule has 0 bridgehead atoms. The zero-order chi connectivity index (χ0) is 46.3. The predicted octanol–water partition coefficient (Wildman–Crippen LogP) is 18.3. The van der Waals surface area contributed by atoms with Crippen molar-refractivity contribution in [3.63, 3.8) is 0 Å². The van der Waals surface area contributed by atoms with E-state index in [1.165, 1.54) is 105 Å². The van der Waals surface area contributed by atoms with Crippen LogP contribution in [0.3, 0.4) is 0 Å². The maximum Gasteiger partial charge on any atom is 0.127 e. The summed E-state index contributed by atoms with van der Waals surface area (Å²) < 4.78 is 11.6. The topological polar surface area (TPSA) is 18.5 Å². The molecule has 0 aliphatic rings. The van der Waals surface area contributed by atoms with Crippen LogP contribution >= 0.6 is 0 Å². The summed E-state index contributed by atoms with van der Waals surface area (Å²) in [6.45, 7) is 26.2. The van der Waals surface area contributed by atoms with E-state index >= 15 is 0 Å². The predicted molar refractivity (Wildman–Crippen MR) is 283 cm³/mol. The molecule has 0 fully saturated rings. The van der Waals surface area contributed by atoms with Gasteiger partial charge in [0.1, 0.15) is 11.5 Å². The molecule has 0 spiro atoms. The van der Waals surface area contributed by atoms with Crippen molar-refractivity contribution in [2.75, 3.05) is 13.2 Å². The van der Waals surface area contributed by atoms with E-state index < -0.39 is 0 Å². The van der Waals surface area contributed by atoms with Crippen molar-refractivity contribution in [2.24, 2.45) is 23.7 Å². The van der Waals surface area contributed by atoms with Crippen molar-refractivity contribution in [2.45, 2.75) is 134 Å². The lowest BCUT2D eigenvalue weighted by atomic mass is 9.97. The zero-order valence-corrected chi connectivity index (χ0v) is 41.7. The third-order valence-corrected chi connectivity index (χ3v) is 12.0. The Hall–Kier alpha value is -5.08. The molecule has 0 amide bonds. The highest BCUT2D eigenvalue weighted by atomic mass is 16.5. The Bertz CT molecular complexity index is 2340. The van der Waals surface area contributed by atoms with E-state index in [4.69, 9.17) is 9.47 Å². The summed E-state index contributed by atoms with van der Waals surface area (Å²) in [7, 11) is 0. The van der Waals surface area contributed by atoms with Gasteiger partial charge in [-0.05, 0) is 169 Å². The second kappa shape index (κ2) is 28.0. The van der Waals surface area contributed by atoms with E-state index in [2.05, 4.69) is 216 Å². The maximum absolute atomic E-state index is 5.87. The van der Waals surface area contributed by atoms with Crippen molar-refractivity contribution in [1.82, 2.24) is 0 Å². The minimum atomic E-state index is 0.756. The average molecular weight is 859 g/mol. The van der Waals surface area contributed by atoms with Crippen LogP contribution in [0.2, 0.25) is 0 Å². The second-order valence-corrected chi connectivity index (χ2v) is 19.4. The van der Waals surface area contributed by atoms with Crippen LogP contribution in [0.25, 0.3) is 32.3 Å². The third kappa shape index (κ3) is 18.2. The van der Waals surface area contributed by atoms with Gasteiger partial charge in [-0.25, -0.2) is 0 Å². The molecule has 0 atom stereocenters. The average Bonchev–Trinajstić information content (AvgIpc) is 3.28. The lowest BCUT2D eigenvalue weighted by molar-refractivity contribution is 0.297. The maximum atomic E-state index is 5.87. The first kappa shape index (κ1) is 51.6. The monoisotopic (exact) mass is 859 g/mol. The lowest BCUT2D eigenvalue weighted by Crippen LogP contribution is -2.00. The number of hydrogen-bond donors (Lipinski definition) is 0. The number of hydrogen-bond acceptors (Lipinski definition) is 2. The molecule has 0 heterocycles. The first-order valence-electron chi connectivity index (χ1n) is 24.6. The highest BCUT2D eigenvalue weighted by Crippen LogP contribution is 2.26. The van der Waals surface area contributed by atoms with E-state index in [9.17, 15) is 0 Å². The molecule has 7 rings (SSSR count). The van der Waals surface area contributed by atoms with Gasteiger partial charge in [0.15, 0.2) is 0 Å². The molecule has 7 aromatic carbocycles. The molecule has 0 aliphatic carbocycles. The van der Waals surface area contributed by atoms with Crippen molar-refractivity contribution >= 4 is 32.3 Å². The molecular weight excluding hydrogens is 777 g/mol. The molecule has 0 unspecified atom stereocenters. The summed E-state index contributed by atoms with van der Waals surface area (Å²) in [6, 6.07) is 49.4. The smallest absolute Gasteiger partial charge is 0.127 e. The number of ether oxygens (including phenoxy) is 2. The van der Waals surface area contributed by atoms with Gasteiger partial charge in [0.25, 0.3) is 0 Å². The Kier molecular flexibility index (Phi) is 22.5. The second-order valence-electron chi connectivity index (χ2n) is 19.4. The third-order valence-electron chi connectivity index (χ3n) is 12.0. The SMILES string of the molecule is CC(C)CCCOc1cccc2ccccc12.CC(C)CCCc1cccc2ccccc12.CC(C)CCc1cccc2ccccc12.Cc1cc(OCCCC(C)C)cc(C)c1C. The van der Waals surface area contributed by atoms with Gasteiger partial charge in [-0.2, -0.15) is 0 Å². The van der Waals surface area contributed by atoms with Crippen molar-refractivity contribution in [1.29, 1.82) is 0 Å². The Morgan fingerprint density at radius 1 is 0.375 bits per heavy atom. The van der Waals surface area contributed by atoms with Crippen LogP contribution in [-0.2, 0) is 12.8 Å². The number of benzene rings is 7. The van der Waals surface area contributed by atoms with Crippen LogP contribution < -0.4 is 9.47 Å². The summed E-state index contributed by atoms with van der Waals surface area (Å²) >= 11 is 0. The molecule has 342 valence electrons. The summed E-state index contributed by atoms with van der Waals surface area (Å²) in [5.41, 5.74) is 6.99. The Morgan fingerprint density at radius 2 is 0.766 bits per heavy atom. The van der Waals surface area contributed by atoms with E-state index in [0.717, 1.165) is 61.2 Å². The van der Waals surface area contributed by atoms with Gasteiger partial charge in [-0.1, -0.05) is 183 Å². The first-order valence-corrected chi connectivity index (χ1v) is 24.6. The van der Waals surface area contributed by atoms with E-state index in [0.29, 0.717) is 0 Å². The fourth-order valence-corrected chi connectivity index (χ4v) is 7.92. The van der Waals surface area contributed by atoms with Crippen molar-refractivity contribution in [3.8, 4) is 11.5 Å². The van der Waals surface area contributed by atoms with Crippen LogP contribution in [0.1, 0.15) is 128 Å². The normalized spacial score (nSPS) is 11.0. The van der Waals surface area contributed by atoms with Crippen molar-refractivity contribution in [3.05, 3.63) is 167 Å². The molecule has 2 nitrogen and oxygen atoms in total. The molecule has 0 aromatic heterocycles. The minimum Gasteiger partial charge on any atom is -0.494 e. The first-order chi connectivity index (χ1) is 30.8. The number of aryl methyl sites for hydroxylation is 4. The summed E-state index contributed by atoms with van der Waals surface area (Å²) in [4.78, 5) is 0. The van der Waals surface area contributed by atoms with E-state index in [1.807, 2.05) is 0 Å². The fraction of sp³-hybridized carbons (Fsp3) is 0.419. The van der Waals surface area contributed by atoms with E-state index in [-0.39, 0.29) is 0 Å². The molecule has 0 aliphatic heterocycles. The minimum absolute atomic E-state index is 0.756. The van der Waals surface area contributed by atoms with Gasteiger partial charge in [-0.3, -0.25) is 0 Å². The lowest BCUT2D eigenvalue weighted by Gasteiger charge is -2.11. The molecule has 0 N–H and O–H groups in total. The van der Waals surface area contributed by atoms with E-state index in [1.54, 1.807) is 0 Å². The number of fused-ring (bicyclic) bond motifs is 3. The summed E-state index contributed by atoms with van der Waals surface area (Å²) in [5.74, 6) is 5.14. The highest BCUT2D eigenvalue weighted by molar-refractivity contribution is 5.88.